The first-order valence-corrected chi connectivity index (χ1v) is 8.32. The van der Waals surface area contributed by atoms with Crippen LogP contribution in [0.1, 0.15) is 39.5 Å². The first-order chi connectivity index (χ1) is 8.15. The Balaban J connectivity index is 2.22. The third-order valence-electron chi connectivity index (χ3n) is 4.44. The molecule has 0 aromatic rings. The number of nitrogens with one attached hydrogen (secondary N) is 1. The van der Waals surface area contributed by atoms with Crippen LogP contribution >= 0.6 is 11.8 Å². The predicted octanol–water partition coefficient (Wildman–Crippen LogP) is 2.84. The SMILES string of the molecule is CCC(CC)(CNCC1CCN(C)CC1)SC. The molecule has 3 heteroatoms. The molecule has 0 saturated carbocycles. The van der Waals surface area contributed by atoms with Gasteiger partial charge in [0.1, 0.15) is 0 Å². The summed E-state index contributed by atoms with van der Waals surface area (Å²) in [4.78, 5) is 2.45. The molecule has 0 atom stereocenters. The van der Waals surface area contributed by atoms with E-state index in [-0.39, 0.29) is 0 Å². The molecule has 0 aromatic heterocycles. The summed E-state index contributed by atoms with van der Waals surface area (Å²) in [5.41, 5.74) is 0. The largest absolute Gasteiger partial charge is 0.315 e. The van der Waals surface area contributed by atoms with Crippen molar-refractivity contribution in [2.45, 2.75) is 44.3 Å². The third kappa shape index (κ3) is 4.80. The van der Waals surface area contributed by atoms with Crippen LogP contribution in [0.25, 0.3) is 0 Å². The summed E-state index contributed by atoms with van der Waals surface area (Å²) in [7, 11) is 2.23. The van der Waals surface area contributed by atoms with Gasteiger partial charge in [-0.2, -0.15) is 11.8 Å². The lowest BCUT2D eigenvalue weighted by Gasteiger charge is -2.33. The van der Waals surface area contributed by atoms with Crippen molar-refractivity contribution in [3.63, 3.8) is 0 Å². The summed E-state index contributed by atoms with van der Waals surface area (Å²) in [6.07, 6.45) is 7.53. The highest BCUT2D eigenvalue weighted by Crippen LogP contribution is 2.29. The molecule has 1 aliphatic heterocycles. The first-order valence-electron chi connectivity index (χ1n) is 7.10. The molecular weight excluding hydrogens is 228 g/mol. The highest BCUT2D eigenvalue weighted by Gasteiger charge is 2.25. The molecule has 0 radical (unpaired) electrons. The Labute approximate surface area is 112 Å². The second-order valence-corrected chi connectivity index (χ2v) is 6.75. The van der Waals surface area contributed by atoms with Gasteiger partial charge in [-0.3, -0.25) is 0 Å². The van der Waals surface area contributed by atoms with Crippen molar-refractivity contribution < 1.29 is 0 Å². The van der Waals surface area contributed by atoms with Crippen molar-refractivity contribution in [2.24, 2.45) is 5.92 Å². The first kappa shape index (κ1) is 15.3. The molecule has 1 aliphatic rings. The zero-order valence-electron chi connectivity index (χ0n) is 12.1. The van der Waals surface area contributed by atoms with Gasteiger partial charge in [-0.1, -0.05) is 13.8 Å². The van der Waals surface area contributed by atoms with Crippen molar-refractivity contribution in [3.05, 3.63) is 0 Å². The van der Waals surface area contributed by atoms with E-state index in [1.165, 1.54) is 51.9 Å². The number of likely N-dealkylation sites (tertiary alicyclic amines) is 1. The average Bonchev–Trinajstić information content (AvgIpc) is 2.38. The van der Waals surface area contributed by atoms with Crippen LogP contribution in [0.15, 0.2) is 0 Å². The Morgan fingerprint density at radius 1 is 1.24 bits per heavy atom. The molecule has 0 amide bonds. The van der Waals surface area contributed by atoms with Crippen LogP contribution in [0, 0.1) is 5.92 Å². The van der Waals surface area contributed by atoms with Gasteiger partial charge in [0.15, 0.2) is 0 Å². The molecule has 1 rings (SSSR count). The molecule has 1 fully saturated rings. The summed E-state index contributed by atoms with van der Waals surface area (Å²) in [5.74, 6) is 0.902. The molecule has 1 saturated heterocycles. The van der Waals surface area contributed by atoms with E-state index >= 15 is 0 Å². The van der Waals surface area contributed by atoms with Gasteiger partial charge in [0.2, 0.25) is 0 Å². The maximum atomic E-state index is 3.72. The van der Waals surface area contributed by atoms with E-state index in [0.29, 0.717) is 4.75 Å². The Morgan fingerprint density at radius 3 is 2.29 bits per heavy atom. The number of nitrogens with zero attached hydrogens (tertiary/aromatic N) is 1. The average molecular weight is 258 g/mol. The fourth-order valence-electron chi connectivity index (χ4n) is 2.63. The van der Waals surface area contributed by atoms with E-state index < -0.39 is 0 Å². The Morgan fingerprint density at radius 2 is 1.82 bits per heavy atom. The second kappa shape index (κ2) is 7.65. The molecule has 0 bridgehead atoms. The molecule has 0 spiro atoms. The van der Waals surface area contributed by atoms with E-state index in [1.54, 1.807) is 0 Å². The van der Waals surface area contributed by atoms with Crippen LogP contribution in [0.2, 0.25) is 0 Å². The number of rotatable bonds is 7. The van der Waals surface area contributed by atoms with Crippen LogP contribution in [0.3, 0.4) is 0 Å². The summed E-state index contributed by atoms with van der Waals surface area (Å²) in [6, 6.07) is 0. The van der Waals surface area contributed by atoms with E-state index in [9.17, 15) is 0 Å². The maximum Gasteiger partial charge on any atom is 0.0276 e. The highest BCUT2D eigenvalue weighted by molar-refractivity contribution is 8.00. The van der Waals surface area contributed by atoms with E-state index in [1.807, 2.05) is 11.8 Å². The molecule has 1 N–H and O–H groups in total. The van der Waals surface area contributed by atoms with Gasteiger partial charge in [0.25, 0.3) is 0 Å². The standard InChI is InChI=1S/C14H30N2S/c1-5-14(6-2,17-4)12-15-11-13-7-9-16(3)10-8-13/h13,15H,5-12H2,1-4H3. The number of thioether (sulfide) groups is 1. The van der Waals surface area contributed by atoms with Crippen molar-refractivity contribution in [3.8, 4) is 0 Å². The van der Waals surface area contributed by atoms with Crippen molar-refractivity contribution in [1.82, 2.24) is 10.2 Å². The molecular formula is C14H30N2S. The van der Waals surface area contributed by atoms with Crippen LogP contribution in [0.5, 0.6) is 0 Å². The molecule has 2 nitrogen and oxygen atoms in total. The zero-order chi connectivity index (χ0) is 12.7. The van der Waals surface area contributed by atoms with Gasteiger partial charge < -0.3 is 10.2 Å². The Bertz CT molecular complexity index is 188. The minimum absolute atomic E-state index is 0.464. The van der Waals surface area contributed by atoms with Gasteiger partial charge in [-0.25, -0.2) is 0 Å². The lowest BCUT2D eigenvalue weighted by Crippen LogP contribution is -2.41. The second-order valence-electron chi connectivity index (χ2n) is 5.47. The highest BCUT2D eigenvalue weighted by atomic mass is 32.2. The van der Waals surface area contributed by atoms with Gasteiger partial charge in [-0.05, 0) is 64.5 Å². The summed E-state index contributed by atoms with van der Waals surface area (Å²) < 4.78 is 0.464. The predicted molar refractivity (Wildman–Crippen MR) is 79.9 cm³/mol. The monoisotopic (exact) mass is 258 g/mol. The van der Waals surface area contributed by atoms with Gasteiger partial charge in [0, 0.05) is 11.3 Å². The zero-order valence-corrected chi connectivity index (χ0v) is 12.9. The van der Waals surface area contributed by atoms with Gasteiger partial charge in [-0.15, -0.1) is 0 Å². The fourth-order valence-corrected chi connectivity index (χ4v) is 3.45. The molecule has 0 aliphatic carbocycles. The summed E-state index contributed by atoms with van der Waals surface area (Å²) in [5, 5.41) is 3.72. The Hall–Kier alpha value is 0.270. The number of piperidine rings is 1. The topological polar surface area (TPSA) is 15.3 Å². The summed E-state index contributed by atoms with van der Waals surface area (Å²) in [6.45, 7) is 9.58. The maximum absolute atomic E-state index is 3.72. The molecule has 102 valence electrons. The number of hydrogen-bond donors (Lipinski definition) is 1. The van der Waals surface area contributed by atoms with E-state index in [4.69, 9.17) is 0 Å². The normalized spacial score (nSPS) is 19.8. The minimum Gasteiger partial charge on any atom is -0.315 e. The van der Waals surface area contributed by atoms with Crippen molar-refractivity contribution >= 4 is 11.8 Å². The third-order valence-corrected chi connectivity index (χ3v) is 6.03. The van der Waals surface area contributed by atoms with Crippen LogP contribution in [-0.4, -0.2) is 49.1 Å². The molecule has 0 aromatic carbocycles. The lowest BCUT2D eigenvalue weighted by atomic mass is 9.96. The van der Waals surface area contributed by atoms with Crippen LogP contribution in [-0.2, 0) is 0 Å². The summed E-state index contributed by atoms with van der Waals surface area (Å²) >= 11 is 2.03. The number of hydrogen-bond acceptors (Lipinski definition) is 3. The molecule has 0 unspecified atom stereocenters. The minimum atomic E-state index is 0.464. The van der Waals surface area contributed by atoms with Gasteiger partial charge >= 0.3 is 0 Å². The fraction of sp³-hybridized carbons (Fsp3) is 1.00. The Kier molecular flexibility index (Phi) is 6.90. The van der Waals surface area contributed by atoms with E-state index in [2.05, 4.69) is 37.4 Å². The van der Waals surface area contributed by atoms with Gasteiger partial charge in [0.05, 0.1) is 0 Å². The smallest absolute Gasteiger partial charge is 0.0276 e. The van der Waals surface area contributed by atoms with Crippen LogP contribution < -0.4 is 5.32 Å². The molecule has 1 heterocycles. The van der Waals surface area contributed by atoms with E-state index in [0.717, 1.165) is 5.92 Å². The molecule has 17 heavy (non-hydrogen) atoms. The van der Waals surface area contributed by atoms with Crippen LogP contribution in [0.4, 0.5) is 0 Å². The lowest BCUT2D eigenvalue weighted by molar-refractivity contribution is 0.215. The quantitative estimate of drug-likeness (QED) is 0.756. The van der Waals surface area contributed by atoms with Crippen molar-refractivity contribution in [2.75, 3.05) is 39.5 Å². The van der Waals surface area contributed by atoms with Crippen molar-refractivity contribution in [1.29, 1.82) is 0 Å².